The molecule has 2 unspecified atom stereocenters. The minimum Gasteiger partial charge on any atom is -0.315 e. The molecule has 0 aliphatic carbocycles. The fourth-order valence-electron chi connectivity index (χ4n) is 2.25. The van der Waals surface area contributed by atoms with Gasteiger partial charge in [-0.25, -0.2) is 13.1 Å². The Hall–Kier alpha value is -0.840. The number of hydrogen-bond donors (Lipinski definition) is 2. The van der Waals surface area contributed by atoms with Crippen molar-refractivity contribution in [2.24, 2.45) is 5.92 Å². The van der Waals surface area contributed by atoms with Gasteiger partial charge in [-0.15, -0.1) is 12.4 Å². The maximum atomic E-state index is 12.4. The van der Waals surface area contributed by atoms with E-state index in [2.05, 4.69) is 10.0 Å². The number of benzene rings is 1. The monoisotopic (exact) mass is 349 g/mol. The van der Waals surface area contributed by atoms with Crippen molar-refractivity contribution in [3.05, 3.63) is 28.8 Å². The highest BCUT2D eigenvalue weighted by molar-refractivity contribution is 7.89. The molecule has 2 N–H and O–H groups in total. The van der Waals surface area contributed by atoms with Gasteiger partial charge >= 0.3 is 0 Å². The van der Waals surface area contributed by atoms with E-state index in [9.17, 15) is 8.42 Å². The lowest BCUT2D eigenvalue weighted by atomic mass is 9.96. The molecule has 2 rings (SSSR count). The lowest BCUT2D eigenvalue weighted by molar-refractivity contribution is 0.327. The summed E-state index contributed by atoms with van der Waals surface area (Å²) in [7, 11) is -3.76. The lowest BCUT2D eigenvalue weighted by Gasteiger charge is -2.30. The number of sulfonamides is 1. The van der Waals surface area contributed by atoms with E-state index in [1.807, 2.05) is 13.0 Å². The van der Waals surface area contributed by atoms with Crippen molar-refractivity contribution in [1.29, 1.82) is 5.26 Å². The average Bonchev–Trinajstić information content (AvgIpc) is 2.41. The number of rotatable bonds is 3. The van der Waals surface area contributed by atoms with Crippen LogP contribution in [0.4, 0.5) is 0 Å². The van der Waals surface area contributed by atoms with E-state index in [0.29, 0.717) is 6.54 Å². The van der Waals surface area contributed by atoms with Crippen molar-refractivity contribution in [3.63, 3.8) is 0 Å². The first-order chi connectivity index (χ1) is 9.45. The van der Waals surface area contributed by atoms with Gasteiger partial charge in [0.15, 0.2) is 0 Å². The van der Waals surface area contributed by atoms with Crippen LogP contribution in [0.1, 0.15) is 18.9 Å². The molecule has 0 amide bonds. The van der Waals surface area contributed by atoms with Gasteiger partial charge in [0, 0.05) is 12.6 Å². The van der Waals surface area contributed by atoms with Crippen molar-refractivity contribution < 1.29 is 8.42 Å². The standard InChI is InChI=1S/C13H16ClN3O2S.ClH/c1-9-5-6-16-8-12(9)17-20(18,19)13-4-2-3-11(14)10(13)7-15;/h2-4,9,12,16-17H,5-6,8H2,1H3;1H. The van der Waals surface area contributed by atoms with E-state index in [-0.39, 0.29) is 39.8 Å². The zero-order valence-corrected chi connectivity index (χ0v) is 13.9. The summed E-state index contributed by atoms with van der Waals surface area (Å²) in [5.74, 6) is 0.246. The summed E-state index contributed by atoms with van der Waals surface area (Å²) in [5, 5.41) is 12.4. The zero-order valence-electron chi connectivity index (χ0n) is 11.5. The predicted molar refractivity (Wildman–Crippen MR) is 84.2 cm³/mol. The predicted octanol–water partition coefficient (Wildman–Crippen LogP) is 1.91. The first-order valence-electron chi connectivity index (χ1n) is 6.37. The molecule has 0 aromatic heterocycles. The minimum absolute atomic E-state index is 0. The molecule has 116 valence electrons. The maximum absolute atomic E-state index is 12.4. The molecule has 21 heavy (non-hydrogen) atoms. The van der Waals surface area contributed by atoms with Gasteiger partial charge in [-0.2, -0.15) is 5.26 Å². The first kappa shape index (κ1) is 18.2. The molecule has 1 aromatic carbocycles. The molecule has 0 bridgehead atoms. The third-order valence-corrected chi connectivity index (χ3v) is 5.36. The second-order valence-electron chi connectivity index (χ2n) is 4.92. The van der Waals surface area contributed by atoms with Crippen LogP contribution >= 0.6 is 24.0 Å². The fourth-order valence-corrected chi connectivity index (χ4v) is 4.04. The minimum atomic E-state index is -3.76. The largest absolute Gasteiger partial charge is 0.315 e. The molecule has 1 fully saturated rings. The van der Waals surface area contributed by atoms with Gasteiger partial charge in [-0.1, -0.05) is 24.6 Å². The summed E-state index contributed by atoms with van der Waals surface area (Å²) in [6.45, 7) is 3.49. The molecule has 8 heteroatoms. The number of nitriles is 1. The summed E-state index contributed by atoms with van der Waals surface area (Å²) >= 11 is 5.88. The van der Waals surface area contributed by atoms with Crippen LogP contribution in [0, 0.1) is 17.2 Å². The summed E-state index contributed by atoms with van der Waals surface area (Å²) in [6.07, 6.45) is 0.911. The van der Waals surface area contributed by atoms with Gasteiger partial charge in [0.25, 0.3) is 0 Å². The Morgan fingerprint density at radius 1 is 1.48 bits per heavy atom. The molecule has 1 aromatic rings. The molecule has 1 saturated heterocycles. The highest BCUT2D eigenvalue weighted by atomic mass is 35.5. The Morgan fingerprint density at radius 2 is 2.19 bits per heavy atom. The first-order valence-corrected chi connectivity index (χ1v) is 8.23. The molecule has 1 aliphatic heterocycles. The van der Waals surface area contributed by atoms with Crippen molar-refractivity contribution in [1.82, 2.24) is 10.0 Å². The Balaban J connectivity index is 0.00000220. The lowest BCUT2D eigenvalue weighted by Crippen LogP contribution is -2.50. The second-order valence-corrected chi connectivity index (χ2v) is 7.01. The molecule has 2 atom stereocenters. The van der Waals surface area contributed by atoms with Crippen LogP contribution in [0.15, 0.2) is 23.1 Å². The van der Waals surface area contributed by atoms with E-state index in [1.165, 1.54) is 18.2 Å². The van der Waals surface area contributed by atoms with Crippen molar-refractivity contribution >= 4 is 34.0 Å². The number of halogens is 2. The summed E-state index contributed by atoms with van der Waals surface area (Å²) in [6, 6.07) is 6.10. The van der Waals surface area contributed by atoms with Crippen LogP contribution in [0.2, 0.25) is 5.02 Å². The fraction of sp³-hybridized carbons (Fsp3) is 0.462. The third-order valence-electron chi connectivity index (χ3n) is 3.51. The summed E-state index contributed by atoms with van der Waals surface area (Å²) in [5.41, 5.74) is -0.0157. The zero-order chi connectivity index (χ0) is 14.8. The van der Waals surface area contributed by atoms with Crippen LogP contribution in [-0.4, -0.2) is 27.5 Å². The SMILES string of the molecule is CC1CCNCC1NS(=O)(=O)c1cccc(Cl)c1C#N.Cl. The van der Waals surface area contributed by atoms with E-state index in [0.717, 1.165) is 13.0 Å². The van der Waals surface area contributed by atoms with Crippen LogP contribution in [-0.2, 0) is 10.0 Å². The Bertz CT molecular complexity index is 643. The van der Waals surface area contributed by atoms with Crippen molar-refractivity contribution in [3.8, 4) is 6.07 Å². The molecular weight excluding hydrogens is 333 g/mol. The smallest absolute Gasteiger partial charge is 0.242 e. The molecule has 0 saturated carbocycles. The third kappa shape index (κ3) is 4.09. The Morgan fingerprint density at radius 3 is 2.81 bits per heavy atom. The maximum Gasteiger partial charge on any atom is 0.242 e. The van der Waals surface area contributed by atoms with Crippen molar-refractivity contribution in [2.75, 3.05) is 13.1 Å². The molecule has 1 heterocycles. The number of nitrogens with zero attached hydrogens (tertiary/aromatic N) is 1. The topological polar surface area (TPSA) is 82.0 Å². The molecule has 5 nitrogen and oxygen atoms in total. The Labute approximate surface area is 136 Å². The second kappa shape index (κ2) is 7.43. The van der Waals surface area contributed by atoms with Crippen LogP contribution in [0.25, 0.3) is 0 Å². The van der Waals surface area contributed by atoms with Crippen LogP contribution < -0.4 is 10.0 Å². The van der Waals surface area contributed by atoms with Gasteiger partial charge in [0.2, 0.25) is 10.0 Å². The average molecular weight is 350 g/mol. The number of hydrogen-bond acceptors (Lipinski definition) is 4. The highest BCUT2D eigenvalue weighted by Gasteiger charge is 2.28. The van der Waals surface area contributed by atoms with Gasteiger partial charge in [-0.3, -0.25) is 0 Å². The van der Waals surface area contributed by atoms with E-state index in [4.69, 9.17) is 16.9 Å². The van der Waals surface area contributed by atoms with Gasteiger partial charge in [-0.05, 0) is 31.0 Å². The van der Waals surface area contributed by atoms with Gasteiger partial charge in [0.1, 0.15) is 11.0 Å². The van der Waals surface area contributed by atoms with E-state index >= 15 is 0 Å². The van der Waals surface area contributed by atoms with E-state index < -0.39 is 10.0 Å². The molecular formula is C13H17Cl2N3O2S. The molecule has 0 radical (unpaired) electrons. The summed E-state index contributed by atoms with van der Waals surface area (Å²) < 4.78 is 27.5. The van der Waals surface area contributed by atoms with E-state index in [1.54, 1.807) is 0 Å². The Kier molecular flexibility index (Phi) is 6.44. The molecule has 0 spiro atoms. The summed E-state index contributed by atoms with van der Waals surface area (Å²) in [4.78, 5) is -0.0646. The number of piperidine rings is 1. The normalized spacial score (nSPS) is 22.1. The van der Waals surface area contributed by atoms with Crippen molar-refractivity contribution in [2.45, 2.75) is 24.3 Å². The van der Waals surface area contributed by atoms with Crippen LogP contribution in [0.5, 0.6) is 0 Å². The highest BCUT2D eigenvalue weighted by Crippen LogP contribution is 2.24. The number of nitrogens with one attached hydrogen (secondary N) is 2. The van der Waals surface area contributed by atoms with Crippen LogP contribution in [0.3, 0.4) is 0 Å². The van der Waals surface area contributed by atoms with Gasteiger partial charge in [0.05, 0.1) is 10.6 Å². The van der Waals surface area contributed by atoms with Gasteiger partial charge < -0.3 is 5.32 Å². The molecule has 1 aliphatic rings. The quantitative estimate of drug-likeness (QED) is 0.873.